The van der Waals surface area contributed by atoms with Crippen LogP contribution in [0.3, 0.4) is 0 Å². The summed E-state index contributed by atoms with van der Waals surface area (Å²) in [6.07, 6.45) is 12.0. The summed E-state index contributed by atoms with van der Waals surface area (Å²) in [6, 6.07) is 6.35. The van der Waals surface area contributed by atoms with Crippen LogP contribution in [-0.2, 0) is 12.8 Å². The van der Waals surface area contributed by atoms with E-state index in [1.165, 1.54) is 24.0 Å². The summed E-state index contributed by atoms with van der Waals surface area (Å²) in [6.45, 7) is 1.75. The quantitative estimate of drug-likeness (QED) is 0.936. The average Bonchev–Trinajstić information content (AvgIpc) is 2.68. The molecular formula is C20H24N4O. The number of carbonyl (C=O) groups is 1. The summed E-state index contributed by atoms with van der Waals surface area (Å²) < 4.78 is 0. The average molecular weight is 336 g/mol. The molecule has 1 atom stereocenters. The van der Waals surface area contributed by atoms with Crippen LogP contribution in [0.1, 0.15) is 47.2 Å². The topological polar surface area (TPSA) is 58.1 Å². The summed E-state index contributed by atoms with van der Waals surface area (Å²) in [4.78, 5) is 23.4. The number of amides is 1. The molecule has 1 aliphatic carbocycles. The maximum absolute atomic E-state index is 12.7. The molecular weight excluding hydrogens is 312 g/mol. The third-order valence-corrected chi connectivity index (χ3v) is 5.24. The lowest BCUT2D eigenvalue weighted by molar-refractivity contribution is 0.0933. The molecule has 0 bridgehead atoms. The van der Waals surface area contributed by atoms with E-state index in [0.29, 0.717) is 0 Å². The molecule has 25 heavy (non-hydrogen) atoms. The van der Waals surface area contributed by atoms with Crippen molar-refractivity contribution in [1.29, 1.82) is 0 Å². The van der Waals surface area contributed by atoms with Gasteiger partial charge in [-0.3, -0.25) is 9.78 Å². The Labute approximate surface area is 148 Å². The van der Waals surface area contributed by atoms with Gasteiger partial charge < -0.3 is 10.2 Å². The number of aryl methyl sites for hydroxylation is 2. The van der Waals surface area contributed by atoms with Gasteiger partial charge in [0.15, 0.2) is 0 Å². The first-order valence-corrected chi connectivity index (χ1v) is 9.23. The van der Waals surface area contributed by atoms with Gasteiger partial charge in [-0.05, 0) is 61.8 Å². The Hall–Kier alpha value is -2.43. The predicted octanol–water partition coefficient (Wildman–Crippen LogP) is 2.75. The lowest BCUT2D eigenvalue weighted by Crippen LogP contribution is -2.48. The highest BCUT2D eigenvalue weighted by Crippen LogP contribution is 2.22. The van der Waals surface area contributed by atoms with E-state index < -0.39 is 0 Å². The molecule has 0 saturated carbocycles. The molecule has 1 amide bonds. The predicted molar refractivity (Wildman–Crippen MR) is 97.8 cm³/mol. The van der Waals surface area contributed by atoms with E-state index in [0.717, 1.165) is 50.2 Å². The van der Waals surface area contributed by atoms with Crippen LogP contribution in [0, 0.1) is 0 Å². The van der Waals surface area contributed by atoms with Crippen molar-refractivity contribution in [2.45, 2.75) is 44.6 Å². The number of carbonyl (C=O) groups excluding carboxylic acids is 1. The highest BCUT2D eigenvalue weighted by molar-refractivity contribution is 5.94. The van der Waals surface area contributed by atoms with Crippen molar-refractivity contribution in [2.75, 3.05) is 18.0 Å². The van der Waals surface area contributed by atoms with Gasteiger partial charge in [0, 0.05) is 37.1 Å². The molecule has 1 saturated heterocycles. The van der Waals surface area contributed by atoms with E-state index in [4.69, 9.17) is 0 Å². The Bertz CT molecular complexity index is 747. The fourth-order valence-corrected chi connectivity index (χ4v) is 3.90. The number of piperidine rings is 1. The molecule has 130 valence electrons. The summed E-state index contributed by atoms with van der Waals surface area (Å²) in [7, 11) is 0. The van der Waals surface area contributed by atoms with Gasteiger partial charge in [-0.1, -0.05) is 6.07 Å². The Kier molecular flexibility index (Phi) is 4.63. The van der Waals surface area contributed by atoms with Crippen LogP contribution in [0.5, 0.6) is 0 Å². The molecule has 0 spiro atoms. The largest absolute Gasteiger partial charge is 0.353 e. The minimum Gasteiger partial charge on any atom is -0.353 e. The maximum Gasteiger partial charge on any atom is 0.251 e. The standard InChI is InChI=1S/C20H24N4O/c25-20(17-8-7-15-4-1-2-5-16(15)12-17)23-18-6-3-11-24(14-18)19-13-21-9-10-22-19/h7-10,12-13,18H,1-6,11,14H2,(H,23,25)/t18-/m1/s1. The number of hydrogen-bond acceptors (Lipinski definition) is 4. The van der Waals surface area contributed by atoms with Gasteiger partial charge in [0.25, 0.3) is 5.91 Å². The maximum atomic E-state index is 12.7. The van der Waals surface area contributed by atoms with Crippen LogP contribution >= 0.6 is 0 Å². The number of anilines is 1. The van der Waals surface area contributed by atoms with Gasteiger partial charge in [0.05, 0.1) is 6.20 Å². The van der Waals surface area contributed by atoms with Crippen molar-refractivity contribution >= 4 is 11.7 Å². The zero-order valence-electron chi connectivity index (χ0n) is 14.4. The van der Waals surface area contributed by atoms with E-state index in [1.54, 1.807) is 18.6 Å². The van der Waals surface area contributed by atoms with Crippen LogP contribution in [0.4, 0.5) is 5.82 Å². The van der Waals surface area contributed by atoms with Crippen molar-refractivity contribution < 1.29 is 4.79 Å². The second kappa shape index (κ2) is 7.21. The van der Waals surface area contributed by atoms with Gasteiger partial charge >= 0.3 is 0 Å². The summed E-state index contributed by atoms with van der Waals surface area (Å²) in [5.74, 6) is 0.926. The van der Waals surface area contributed by atoms with Gasteiger partial charge in [-0.15, -0.1) is 0 Å². The third-order valence-electron chi connectivity index (χ3n) is 5.24. The molecule has 1 aliphatic heterocycles. The number of fused-ring (bicyclic) bond motifs is 1. The van der Waals surface area contributed by atoms with Crippen LogP contribution in [-0.4, -0.2) is 35.0 Å². The highest BCUT2D eigenvalue weighted by atomic mass is 16.1. The van der Waals surface area contributed by atoms with Crippen LogP contribution < -0.4 is 10.2 Å². The molecule has 2 aromatic rings. The number of hydrogen-bond donors (Lipinski definition) is 1. The second-order valence-electron chi connectivity index (χ2n) is 7.01. The fraction of sp³-hybridized carbons (Fsp3) is 0.450. The van der Waals surface area contributed by atoms with Gasteiger partial charge in [0.1, 0.15) is 5.82 Å². The molecule has 2 aliphatic rings. The smallest absolute Gasteiger partial charge is 0.251 e. The number of nitrogens with zero attached hydrogens (tertiary/aromatic N) is 3. The van der Waals surface area contributed by atoms with Crippen molar-refractivity contribution in [3.8, 4) is 0 Å². The summed E-state index contributed by atoms with van der Waals surface area (Å²) in [5.41, 5.74) is 3.55. The Morgan fingerprint density at radius 2 is 2.00 bits per heavy atom. The molecule has 1 N–H and O–H groups in total. The Balaban J connectivity index is 1.42. The SMILES string of the molecule is O=C(N[C@@H]1CCCN(c2cnccn2)C1)c1ccc2c(c1)CCCC2. The van der Waals surface area contributed by atoms with E-state index in [-0.39, 0.29) is 11.9 Å². The monoisotopic (exact) mass is 336 g/mol. The number of benzene rings is 1. The molecule has 4 rings (SSSR count). The minimum absolute atomic E-state index is 0.0411. The van der Waals surface area contributed by atoms with Gasteiger partial charge in [0.2, 0.25) is 0 Å². The first-order valence-electron chi connectivity index (χ1n) is 9.23. The number of nitrogens with one attached hydrogen (secondary N) is 1. The Morgan fingerprint density at radius 1 is 1.12 bits per heavy atom. The lowest BCUT2D eigenvalue weighted by atomic mass is 9.90. The van der Waals surface area contributed by atoms with Crippen LogP contribution in [0.2, 0.25) is 0 Å². The number of rotatable bonds is 3. The number of aromatic nitrogens is 2. The molecule has 1 aromatic carbocycles. The zero-order chi connectivity index (χ0) is 17.1. The van der Waals surface area contributed by atoms with E-state index in [2.05, 4.69) is 32.3 Å². The first kappa shape index (κ1) is 16.1. The van der Waals surface area contributed by atoms with E-state index in [1.807, 2.05) is 6.07 Å². The van der Waals surface area contributed by atoms with E-state index in [9.17, 15) is 4.79 Å². The van der Waals surface area contributed by atoms with Gasteiger partial charge in [-0.25, -0.2) is 4.98 Å². The summed E-state index contributed by atoms with van der Waals surface area (Å²) >= 11 is 0. The van der Waals surface area contributed by atoms with E-state index >= 15 is 0 Å². The van der Waals surface area contributed by atoms with Gasteiger partial charge in [-0.2, -0.15) is 0 Å². The van der Waals surface area contributed by atoms with Crippen molar-refractivity contribution in [1.82, 2.24) is 15.3 Å². The summed E-state index contributed by atoms with van der Waals surface area (Å²) in [5, 5.41) is 3.21. The third kappa shape index (κ3) is 3.65. The van der Waals surface area contributed by atoms with Crippen molar-refractivity contribution in [3.63, 3.8) is 0 Å². The normalized spacial score (nSPS) is 20.0. The molecule has 5 nitrogen and oxygen atoms in total. The second-order valence-corrected chi connectivity index (χ2v) is 7.01. The molecule has 0 unspecified atom stereocenters. The Morgan fingerprint density at radius 3 is 2.84 bits per heavy atom. The highest BCUT2D eigenvalue weighted by Gasteiger charge is 2.23. The van der Waals surface area contributed by atoms with Crippen LogP contribution in [0.25, 0.3) is 0 Å². The fourth-order valence-electron chi connectivity index (χ4n) is 3.90. The molecule has 1 aromatic heterocycles. The van der Waals surface area contributed by atoms with Crippen molar-refractivity contribution in [2.24, 2.45) is 0 Å². The molecule has 5 heteroatoms. The first-order chi connectivity index (χ1) is 12.3. The molecule has 0 radical (unpaired) electrons. The van der Waals surface area contributed by atoms with Crippen molar-refractivity contribution in [3.05, 3.63) is 53.5 Å². The molecule has 2 heterocycles. The zero-order valence-corrected chi connectivity index (χ0v) is 14.4. The lowest BCUT2D eigenvalue weighted by Gasteiger charge is -2.33. The molecule has 1 fully saturated rings. The van der Waals surface area contributed by atoms with Crippen LogP contribution in [0.15, 0.2) is 36.8 Å². The minimum atomic E-state index is 0.0411.